The number of hydrogen-bond acceptors (Lipinski definition) is 4. The van der Waals surface area contributed by atoms with Crippen LogP contribution in [0.4, 0.5) is 0 Å². The van der Waals surface area contributed by atoms with Crippen molar-refractivity contribution in [1.29, 1.82) is 0 Å². The standard InChI is InChI=1S/C9H16O5/c1-9(2,14-4)6(8(11)12)5-7(10)13-3/h6H,5H2,1-4H3,(H,11,12)/t6-/m1/s1. The van der Waals surface area contributed by atoms with E-state index < -0.39 is 23.5 Å². The van der Waals surface area contributed by atoms with Crippen LogP contribution in [-0.4, -0.2) is 36.9 Å². The molecule has 0 aromatic heterocycles. The number of carboxylic acids is 1. The molecule has 5 nitrogen and oxygen atoms in total. The van der Waals surface area contributed by atoms with Crippen molar-refractivity contribution in [2.24, 2.45) is 5.92 Å². The Balaban J connectivity index is 4.61. The van der Waals surface area contributed by atoms with E-state index in [1.54, 1.807) is 13.8 Å². The molecule has 1 N–H and O–H groups in total. The summed E-state index contributed by atoms with van der Waals surface area (Å²) in [6.07, 6.45) is -0.188. The largest absolute Gasteiger partial charge is 0.481 e. The maximum absolute atomic E-state index is 10.9. The summed E-state index contributed by atoms with van der Waals surface area (Å²) in [5, 5.41) is 8.90. The molecule has 0 spiro atoms. The van der Waals surface area contributed by atoms with Crippen LogP contribution in [0.25, 0.3) is 0 Å². The van der Waals surface area contributed by atoms with E-state index in [-0.39, 0.29) is 6.42 Å². The Morgan fingerprint density at radius 1 is 1.36 bits per heavy atom. The molecule has 82 valence electrons. The zero-order valence-corrected chi connectivity index (χ0v) is 8.86. The van der Waals surface area contributed by atoms with E-state index in [0.29, 0.717) is 0 Å². The Kier molecular flexibility index (Phi) is 4.56. The molecule has 0 aromatic carbocycles. The normalized spacial score (nSPS) is 13.4. The Hall–Kier alpha value is -1.10. The van der Waals surface area contributed by atoms with Gasteiger partial charge in [-0.1, -0.05) is 0 Å². The zero-order valence-electron chi connectivity index (χ0n) is 8.86. The molecule has 0 rings (SSSR count). The van der Waals surface area contributed by atoms with Crippen LogP contribution in [-0.2, 0) is 19.1 Å². The molecule has 0 fully saturated rings. The van der Waals surface area contributed by atoms with Crippen LogP contribution in [0.1, 0.15) is 20.3 Å². The summed E-state index contributed by atoms with van der Waals surface area (Å²) in [6, 6.07) is 0. The van der Waals surface area contributed by atoms with Gasteiger partial charge in [0.25, 0.3) is 0 Å². The molecule has 0 aliphatic rings. The summed E-state index contributed by atoms with van der Waals surface area (Å²) in [4.78, 5) is 21.8. The van der Waals surface area contributed by atoms with E-state index in [9.17, 15) is 9.59 Å². The third kappa shape index (κ3) is 3.33. The fraction of sp³-hybridized carbons (Fsp3) is 0.778. The highest BCUT2D eigenvalue weighted by Crippen LogP contribution is 2.24. The predicted octanol–water partition coefficient (Wildman–Crippen LogP) is 0.675. The van der Waals surface area contributed by atoms with Crippen molar-refractivity contribution in [3.05, 3.63) is 0 Å². The lowest BCUT2D eigenvalue weighted by Crippen LogP contribution is -2.40. The molecule has 5 heteroatoms. The Bertz CT molecular complexity index is 221. The maximum atomic E-state index is 10.9. The molecule has 0 unspecified atom stereocenters. The highest BCUT2D eigenvalue weighted by molar-refractivity contribution is 5.79. The first-order valence-electron chi connectivity index (χ1n) is 4.20. The van der Waals surface area contributed by atoms with Crippen molar-refractivity contribution in [2.45, 2.75) is 25.9 Å². The monoisotopic (exact) mass is 204 g/mol. The van der Waals surface area contributed by atoms with Gasteiger partial charge < -0.3 is 14.6 Å². The van der Waals surface area contributed by atoms with Crippen molar-refractivity contribution in [1.82, 2.24) is 0 Å². The Morgan fingerprint density at radius 2 is 1.86 bits per heavy atom. The van der Waals surface area contributed by atoms with Gasteiger partial charge in [0.1, 0.15) is 0 Å². The highest BCUT2D eigenvalue weighted by atomic mass is 16.5. The lowest BCUT2D eigenvalue weighted by molar-refractivity contribution is -0.160. The quantitative estimate of drug-likeness (QED) is 0.666. The van der Waals surface area contributed by atoms with Crippen LogP contribution < -0.4 is 0 Å². The summed E-state index contributed by atoms with van der Waals surface area (Å²) in [5.41, 5.74) is -0.889. The first-order chi connectivity index (χ1) is 6.35. The third-order valence-electron chi connectivity index (χ3n) is 2.26. The summed E-state index contributed by atoms with van der Waals surface area (Å²) in [6.45, 7) is 3.24. The second-order valence-corrected chi connectivity index (χ2v) is 3.48. The molecular weight excluding hydrogens is 188 g/mol. The van der Waals surface area contributed by atoms with E-state index in [0.717, 1.165) is 0 Å². The van der Waals surface area contributed by atoms with Gasteiger partial charge in [0.2, 0.25) is 0 Å². The number of carbonyl (C=O) groups is 2. The minimum atomic E-state index is -1.07. The average Bonchev–Trinajstić information content (AvgIpc) is 2.12. The summed E-state index contributed by atoms with van der Waals surface area (Å²) in [7, 11) is 2.63. The fourth-order valence-corrected chi connectivity index (χ4v) is 1.02. The number of methoxy groups -OCH3 is 2. The molecule has 0 aliphatic carbocycles. The zero-order chi connectivity index (χ0) is 11.4. The van der Waals surface area contributed by atoms with Gasteiger partial charge in [-0.3, -0.25) is 9.59 Å². The fourth-order valence-electron chi connectivity index (χ4n) is 1.02. The summed E-state index contributed by atoms with van der Waals surface area (Å²) >= 11 is 0. The van der Waals surface area contributed by atoms with Crippen molar-refractivity contribution in [3.63, 3.8) is 0 Å². The third-order valence-corrected chi connectivity index (χ3v) is 2.26. The number of ether oxygens (including phenoxy) is 2. The van der Waals surface area contributed by atoms with E-state index in [1.807, 2.05) is 0 Å². The van der Waals surface area contributed by atoms with Crippen LogP contribution in [0, 0.1) is 5.92 Å². The molecule has 0 radical (unpaired) electrons. The number of carboxylic acid groups (broad SMARTS) is 1. The average molecular weight is 204 g/mol. The van der Waals surface area contributed by atoms with Crippen LogP contribution in [0.5, 0.6) is 0 Å². The van der Waals surface area contributed by atoms with Gasteiger partial charge in [0.15, 0.2) is 0 Å². The maximum Gasteiger partial charge on any atom is 0.310 e. The molecule has 0 saturated carbocycles. The molecule has 0 heterocycles. The number of esters is 1. The highest BCUT2D eigenvalue weighted by Gasteiger charge is 2.37. The molecule has 14 heavy (non-hydrogen) atoms. The van der Waals surface area contributed by atoms with Crippen molar-refractivity contribution in [3.8, 4) is 0 Å². The van der Waals surface area contributed by atoms with Crippen molar-refractivity contribution < 1.29 is 24.2 Å². The molecule has 0 bridgehead atoms. The van der Waals surface area contributed by atoms with E-state index >= 15 is 0 Å². The molecule has 0 amide bonds. The lowest BCUT2D eigenvalue weighted by atomic mass is 9.88. The minimum Gasteiger partial charge on any atom is -0.481 e. The lowest BCUT2D eigenvalue weighted by Gasteiger charge is -2.29. The Labute approximate surface area is 83.0 Å². The Morgan fingerprint density at radius 3 is 2.14 bits per heavy atom. The van der Waals surface area contributed by atoms with Gasteiger partial charge >= 0.3 is 11.9 Å². The van der Waals surface area contributed by atoms with Gasteiger partial charge in [-0.25, -0.2) is 0 Å². The second kappa shape index (κ2) is 4.95. The van der Waals surface area contributed by atoms with E-state index in [1.165, 1.54) is 14.2 Å². The number of carbonyl (C=O) groups excluding carboxylic acids is 1. The van der Waals surface area contributed by atoms with E-state index in [4.69, 9.17) is 9.84 Å². The smallest absolute Gasteiger partial charge is 0.310 e. The first kappa shape index (κ1) is 12.9. The van der Waals surface area contributed by atoms with Crippen molar-refractivity contribution in [2.75, 3.05) is 14.2 Å². The predicted molar refractivity (Wildman–Crippen MR) is 48.8 cm³/mol. The van der Waals surface area contributed by atoms with Crippen LogP contribution >= 0.6 is 0 Å². The van der Waals surface area contributed by atoms with Crippen molar-refractivity contribution >= 4 is 11.9 Å². The van der Waals surface area contributed by atoms with Gasteiger partial charge in [-0.05, 0) is 13.8 Å². The molecule has 0 aromatic rings. The SMILES string of the molecule is COC(=O)C[C@H](C(=O)O)C(C)(C)OC. The van der Waals surface area contributed by atoms with Gasteiger partial charge in [0, 0.05) is 7.11 Å². The first-order valence-corrected chi connectivity index (χ1v) is 4.20. The molecule has 1 atom stereocenters. The number of hydrogen-bond donors (Lipinski definition) is 1. The van der Waals surface area contributed by atoms with E-state index in [2.05, 4.69) is 4.74 Å². The summed E-state index contributed by atoms with van der Waals surface area (Å²) < 4.78 is 9.43. The van der Waals surface area contributed by atoms with Gasteiger partial charge in [-0.2, -0.15) is 0 Å². The molecular formula is C9H16O5. The topological polar surface area (TPSA) is 72.8 Å². The van der Waals surface area contributed by atoms with Crippen LogP contribution in [0.15, 0.2) is 0 Å². The van der Waals surface area contributed by atoms with Gasteiger partial charge in [0.05, 0.1) is 25.0 Å². The minimum absolute atomic E-state index is 0.188. The second-order valence-electron chi connectivity index (χ2n) is 3.48. The number of rotatable bonds is 5. The number of aliphatic carboxylic acids is 1. The summed E-state index contributed by atoms with van der Waals surface area (Å²) in [5.74, 6) is -2.52. The molecule has 0 aliphatic heterocycles. The van der Waals surface area contributed by atoms with Crippen LogP contribution in [0.2, 0.25) is 0 Å². The van der Waals surface area contributed by atoms with Gasteiger partial charge in [-0.15, -0.1) is 0 Å². The van der Waals surface area contributed by atoms with Crippen LogP contribution in [0.3, 0.4) is 0 Å². The molecule has 0 saturated heterocycles.